The standard InChI is InChI=1S/C11H21N3O/c1-8-4-9(5-12)6-14(8)7-10-2-3-11(15)13-10/h8-10H,2-7,12H2,1H3,(H,13,15). The minimum absolute atomic E-state index is 0.210. The van der Waals surface area contributed by atoms with Crippen LogP contribution < -0.4 is 11.1 Å². The summed E-state index contributed by atoms with van der Waals surface area (Å²) in [6.45, 7) is 5.15. The zero-order valence-corrected chi connectivity index (χ0v) is 9.41. The first-order valence-corrected chi connectivity index (χ1v) is 5.92. The number of nitrogens with zero attached hydrogens (tertiary/aromatic N) is 1. The predicted octanol–water partition coefficient (Wildman–Crippen LogP) is -0.0659. The van der Waals surface area contributed by atoms with Gasteiger partial charge in [-0.05, 0) is 32.2 Å². The van der Waals surface area contributed by atoms with Crippen LogP contribution >= 0.6 is 0 Å². The van der Waals surface area contributed by atoms with Gasteiger partial charge in [0, 0.05) is 31.6 Å². The van der Waals surface area contributed by atoms with Gasteiger partial charge in [0.05, 0.1) is 0 Å². The Balaban J connectivity index is 1.82. The van der Waals surface area contributed by atoms with Gasteiger partial charge in [0.25, 0.3) is 0 Å². The quantitative estimate of drug-likeness (QED) is 0.687. The van der Waals surface area contributed by atoms with E-state index in [0.717, 1.165) is 26.1 Å². The molecule has 2 saturated heterocycles. The maximum absolute atomic E-state index is 11.1. The molecule has 4 heteroatoms. The number of hydrogen-bond acceptors (Lipinski definition) is 3. The number of likely N-dealkylation sites (tertiary alicyclic amines) is 1. The average Bonchev–Trinajstić information content (AvgIpc) is 2.75. The second kappa shape index (κ2) is 4.49. The molecular weight excluding hydrogens is 190 g/mol. The largest absolute Gasteiger partial charge is 0.352 e. The van der Waals surface area contributed by atoms with Crippen LogP contribution in [0.4, 0.5) is 0 Å². The van der Waals surface area contributed by atoms with Crippen molar-refractivity contribution in [2.45, 2.75) is 38.3 Å². The van der Waals surface area contributed by atoms with Crippen molar-refractivity contribution in [1.29, 1.82) is 0 Å². The minimum Gasteiger partial charge on any atom is -0.352 e. The molecule has 4 nitrogen and oxygen atoms in total. The Morgan fingerprint density at radius 2 is 2.40 bits per heavy atom. The van der Waals surface area contributed by atoms with Crippen molar-refractivity contribution >= 4 is 5.91 Å². The molecule has 0 bridgehead atoms. The van der Waals surface area contributed by atoms with Crippen LogP contribution in [-0.2, 0) is 4.79 Å². The number of carbonyl (C=O) groups excluding carboxylic acids is 1. The molecular formula is C11H21N3O. The van der Waals surface area contributed by atoms with Gasteiger partial charge < -0.3 is 11.1 Å². The van der Waals surface area contributed by atoms with Gasteiger partial charge in [-0.3, -0.25) is 9.69 Å². The number of hydrogen-bond donors (Lipinski definition) is 2. The summed E-state index contributed by atoms with van der Waals surface area (Å²) in [5.41, 5.74) is 5.69. The smallest absolute Gasteiger partial charge is 0.220 e. The van der Waals surface area contributed by atoms with Crippen molar-refractivity contribution < 1.29 is 4.79 Å². The SMILES string of the molecule is CC1CC(CN)CN1CC1CCC(=O)N1. The van der Waals surface area contributed by atoms with Crippen molar-refractivity contribution in [2.24, 2.45) is 11.7 Å². The fraction of sp³-hybridized carbons (Fsp3) is 0.909. The Kier molecular flexibility index (Phi) is 3.26. The molecule has 0 aromatic carbocycles. The van der Waals surface area contributed by atoms with Crippen LogP contribution in [0.5, 0.6) is 0 Å². The Hall–Kier alpha value is -0.610. The van der Waals surface area contributed by atoms with Crippen LogP contribution in [0.3, 0.4) is 0 Å². The Bertz CT molecular complexity index is 244. The zero-order valence-electron chi connectivity index (χ0n) is 9.41. The summed E-state index contributed by atoms with van der Waals surface area (Å²) in [7, 11) is 0. The molecule has 86 valence electrons. The molecule has 0 aromatic heterocycles. The van der Waals surface area contributed by atoms with Gasteiger partial charge in [-0.15, -0.1) is 0 Å². The van der Waals surface area contributed by atoms with E-state index < -0.39 is 0 Å². The van der Waals surface area contributed by atoms with Gasteiger partial charge in [0.1, 0.15) is 0 Å². The lowest BCUT2D eigenvalue weighted by molar-refractivity contribution is -0.119. The highest BCUT2D eigenvalue weighted by Crippen LogP contribution is 2.23. The van der Waals surface area contributed by atoms with E-state index in [1.807, 2.05) is 0 Å². The molecule has 1 amide bonds. The van der Waals surface area contributed by atoms with Crippen LogP contribution in [0.2, 0.25) is 0 Å². The molecule has 3 unspecified atom stereocenters. The lowest BCUT2D eigenvalue weighted by atomic mass is 10.1. The zero-order chi connectivity index (χ0) is 10.8. The molecule has 3 atom stereocenters. The molecule has 0 aromatic rings. The van der Waals surface area contributed by atoms with Crippen LogP contribution in [0.15, 0.2) is 0 Å². The molecule has 15 heavy (non-hydrogen) atoms. The second-order valence-corrected chi connectivity index (χ2v) is 4.94. The van der Waals surface area contributed by atoms with Crippen LogP contribution in [0.1, 0.15) is 26.2 Å². The first kappa shape index (κ1) is 10.9. The molecule has 0 saturated carbocycles. The third kappa shape index (κ3) is 2.49. The van der Waals surface area contributed by atoms with Crippen molar-refractivity contribution in [3.8, 4) is 0 Å². The van der Waals surface area contributed by atoms with Gasteiger partial charge in [0.15, 0.2) is 0 Å². The predicted molar refractivity (Wildman–Crippen MR) is 59.4 cm³/mol. The Labute approximate surface area is 91.2 Å². The Morgan fingerprint density at radius 3 is 2.93 bits per heavy atom. The van der Waals surface area contributed by atoms with E-state index in [-0.39, 0.29) is 5.91 Å². The third-order valence-corrected chi connectivity index (χ3v) is 3.66. The summed E-state index contributed by atoms with van der Waals surface area (Å²) in [6.07, 6.45) is 2.90. The normalized spacial score (nSPS) is 37.2. The maximum atomic E-state index is 11.1. The topological polar surface area (TPSA) is 58.4 Å². The van der Waals surface area contributed by atoms with E-state index >= 15 is 0 Å². The van der Waals surface area contributed by atoms with Crippen molar-refractivity contribution in [1.82, 2.24) is 10.2 Å². The summed E-state index contributed by atoms with van der Waals surface area (Å²) in [6, 6.07) is 0.993. The third-order valence-electron chi connectivity index (χ3n) is 3.66. The number of rotatable bonds is 3. The second-order valence-electron chi connectivity index (χ2n) is 4.94. The lowest BCUT2D eigenvalue weighted by Gasteiger charge is -2.24. The van der Waals surface area contributed by atoms with Crippen LogP contribution in [0, 0.1) is 5.92 Å². The molecule has 0 aliphatic carbocycles. The monoisotopic (exact) mass is 211 g/mol. The molecule has 0 radical (unpaired) electrons. The van der Waals surface area contributed by atoms with Gasteiger partial charge in [0.2, 0.25) is 5.91 Å². The fourth-order valence-electron chi connectivity index (χ4n) is 2.74. The first-order valence-electron chi connectivity index (χ1n) is 5.92. The highest BCUT2D eigenvalue weighted by Gasteiger charge is 2.31. The molecule has 0 spiro atoms. The van der Waals surface area contributed by atoms with E-state index in [4.69, 9.17) is 5.73 Å². The van der Waals surface area contributed by atoms with E-state index in [9.17, 15) is 4.79 Å². The van der Waals surface area contributed by atoms with Crippen molar-refractivity contribution in [2.75, 3.05) is 19.6 Å². The minimum atomic E-state index is 0.210. The Morgan fingerprint density at radius 1 is 1.60 bits per heavy atom. The van der Waals surface area contributed by atoms with Crippen molar-refractivity contribution in [3.63, 3.8) is 0 Å². The summed E-state index contributed by atoms with van der Waals surface area (Å²) in [5, 5.41) is 3.02. The molecule has 2 heterocycles. The average molecular weight is 211 g/mol. The number of nitrogens with two attached hydrogens (primary N) is 1. The number of nitrogens with one attached hydrogen (secondary N) is 1. The van der Waals surface area contributed by atoms with Gasteiger partial charge in [-0.2, -0.15) is 0 Å². The number of carbonyl (C=O) groups is 1. The van der Waals surface area contributed by atoms with E-state index in [1.165, 1.54) is 6.42 Å². The molecule has 3 N–H and O–H groups in total. The maximum Gasteiger partial charge on any atom is 0.220 e. The summed E-state index contributed by atoms with van der Waals surface area (Å²) in [4.78, 5) is 13.5. The highest BCUT2D eigenvalue weighted by atomic mass is 16.1. The molecule has 2 fully saturated rings. The lowest BCUT2D eigenvalue weighted by Crippen LogP contribution is -2.40. The van der Waals surface area contributed by atoms with Crippen LogP contribution in [0.25, 0.3) is 0 Å². The van der Waals surface area contributed by atoms with Gasteiger partial charge in [-0.1, -0.05) is 0 Å². The summed E-state index contributed by atoms with van der Waals surface area (Å²) < 4.78 is 0. The molecule has 2 aliphatic heterocycles. The summed E-state index contributed by atoms with van der Waals surface area (Å²) in [5.74, 6) is 0.860. The summed E-state index contributed by atoms with van der Waals surface area (Å²) >= 11 is 0. The van der Waals surface area contributed by atoms with Gasteiger partial charge in [-0.25, -0.2) is 0 Å². The van der Waals surface area contributed by atoms with E-state index in [2.05, 4.69) is 17.1 Å². The van der Waals surface area contributed by atoms with Crippen LogP contribution in [-0.4, -0.2) is 42.5 Å². The number of amides is 1. The van der Waals surface area contributed by atoms with Crippen molar-refractivity contribution in [3.05, 3.63) is 0 Å². The molecule has 2 rings (SSSR count). The molecule has 2 aliphatic rings. The van der Waals surface area contributed by atoms with E-state index in [1.54, 1.807) is 0 Å². The van der Waals surface area contributed by atoms with Gasteiger partial charge >= 0.3 is 0 Å². The fourth-order valence-corrected chi connectivity index (χ4v) is 2.74. The highest BCUT2D eigenvalue weighted by molar-refractivity contribution is 5.78. The first-order chi connectivity index (χ1) is 7.19. The van der Waals surface area contributed by atoms with E-state index in [0.29, 0.717) is 24.4 Å².